The first kappa shape index (κ1) is 6.11. The van der Waals surface area contributed by atoms with Gasteiger partial charge < -0.3 is 4.79 Å². The van der Waals surface area contributed by atoms with Crippen molar-refractivity contribution in [1.82, 2.24) is 4.31 Å². The molecule has 0 amide bonds. The Kier molecular flexibility index (Phi) is 1.91. The van der Waals surface area contributed by atoms with Crippen molar-refractivity contribution in [2.24, 2.45) is 0 Å². The fourth-order valence-electron chi connectivity index (χ4n) is 0.749. The lowest BCUT2D eigenvalue weighted by atomic mass is 10.3. The van der Waals surface area contributed by atoms with E-state index in [-0.39, 0.29) is 6.04 Å². The Hall–Kier alpha value is -0.0200. The van der Waals surface area contributed by atoms with E-state index in [2.05, 4.69) is 0 Å². The topological polar surface area (TPSA) is 20.3 Å². The molecule has 1 atom stereocenters. The van der Waals surface area contributed by atoms with E-state index in [1.807, 2.05) is 11.4 Å². The van der Waals surface area contributed by atoms with Crippen LogP contribution >= 0.6 is 11.9 Å². The van der Waals surface area contributed by atoms with E-state index in [1.165, 1.54) is 0 Å². The molecule has 0 aromatic rings. The fraction of sp³-hybridized carbons (Fsp3) is 0.800. The van der Waals surface area contributed by atoms with Crippen LogP contribution in [0.25, 0.3) is 0 Å². The third-order valence-corrected chi connectivity index (χ3v) is 2.43. The van der Waals surface area contributed by atoms with Crippen LogP contribution < -0.4 is 0 Å². The van der Waals surface area contributed by atoms with Gasteiger partial charge in [-0.1, -0.05) is 11.9 Å². The van der Waals surface area contributed by atoms with Gasteiger partial charge in [0.2, 0.25) is 0 Å². The van der Waals surface area contributed by atoms with Crippen molar-refractivity contribution in [3.63, 3.8) is 0 Å². The van der Waals surface area contributed by atoms with Crippen LogP contribution in [0.1, 0.15) is 6.42 Å². The minimum Gasteiger partial charge on any atom is -0.302 e. The second-order valence-corrected chi connectivity index (χ2v) is 3.11. The maximum Gasteiger partial charge on any atom is 0.138 e. The Balaban J connectivity index is 2.41. The summed E-state index contributed by atoms with van der Waals surface area (Å²) in [5.41, 5.74) is 0. The molecule has 0 saturated carbocycles. The minimum absolute atomic E-state index is 0.181. The zero-order chi connectivity index (χ0) is 5.98. The molecule has 1 aliphatic heterocycles. The molecular formula is C5H9NOS. The fourth-order valence-corrected chi connectivity index (χ4v) is 1.73. The van der Waals surface area contributed by atoms with Gasteiger partial charge in [0.05, 0.1) is 6.04 Å². The van der Waals surface area contributed by atoms with E-state index in [0.717, 1.165) is 18.5 Å². The zero-order valence-electron chi connectivity index (χ0n) is 4.83. The van der Waals surface area contributed by atoms with Gasteiger partial charge in [0, 0.05) is 5.75 Å². The SMILES string of the molecule is CN1SCCC1C=O. The van der Waals surface area contributed by atoms with Gasteiger partial charge in [0.1, 0.15) is 6.29 Å². The lowest BCUT2D eigenvalue weighted by Crippen LogP contribution is -2.20. The van der Waals surface area contributed by atoms with Gasteiger partial charge >= 0.3 is 0 Å². The summed E-state index contributed by atoms with van der Waals surface area (Å²) in [6.45, 7) is 0. The molecule has 8 heavy (non-hydrogen) atoms. The van der Waals surface area contributed by atoms with Crippen LogP contribution in [-0.4, -0.2) is 29.4 Å². The maximum atomic E-state index is 10.2. The summed E-state index contributed by atoms with van der Waals surface area (Å²) >= 11 is 1.73. The Morgan fingerprint density at radius 2 is 2.62 bits per heavy atom. The number of likely N-dealkylation sites (N-methyl/N-ethyl adjacent to an activating group) is 1. The van der Waals surface area contributed by atoms with Gasteiger partial charge in [0.15, 0.2) is 0 Å². The van der Waals surface area contributed by atoms with Crippen LogP contribution in [0.2, 0.25) is 0 Å². The quantitative estimate of drug-likeness (QED) is 0.382. The van der Waals surface area contributed by atoms with Crippen LogP contribution in [0.4, 0.5) is 0 Å². The van der Waals surface area contributed by atoms with Gasteiger partial charge in [-0.15, -0.1) is 0 Å². The second-order valence-electron chi connectivity index (χ2n) is 1.87. The van der Waals surface area contributed by atoms with E-state index < -0.39 is 0 Å². The molecule has 1 fully saturated rings. The monoisotopic (exact) mass is 131 g/mol. The van der Waals surface area contributed by atoms with Crippen LogP contribution in [0, 0.1) is 0 Å². The van der Waals surface area contributed by atoms with Crippen molar-refractivity contribution >= 4 is 18.2 Å². The molecule has 0 bridgehead atoms. The third kappa shape index (κ3) is 1.03. The summed E-state index contributed by atoms with van der Waals surface area (Å²) in [4.78, 5) is 10.2. The molecule has 1 heterocycles. The normalized spacial score (nSPS) is 30.9. The maximum absolute atomic E-state index is 10.2. The number of carbonyl (C=O) groups is 1. The van der Waals surface area contributed by atoms with Crippen molar-refractivity contribution in [2.45, 2.75) is 12.5 Å². The molecule has 1 aliphatic rings. The third-order valence-electron chi connectivity index (χ3n) is 1.33. The van der Waals surface area contributed by atoms with Gasteiger partial charge in [-0.2, -0.15) is 0 Å². The summed E-state index contributed by atoms with van der Waals surface area (Å²) in [6, 6.07) is 0.181. The average Bonchev–Trinajstić information content (AvgIpc) is 2.14. The van der Waals surface area contributed by atoms with Gasteiger partial charge in [-0.3, -0.25) is 0 Å². The molecule has 3 heteroatoms. The smallest absolute Gasteiger partial charge is 0.138 e. The van der Waals surface area contributed by atoms with E-state index >= 15 is 0 Å². The zero-order valence-corrected chi connectivity index (χ0v) is 5.65. The molecule has 0 aromatic heterocycles. The number of aldehydes is 1. The van der Waals surface area contributed by atoms with Crippen LogP contribution in [-0.2, 0) is 4.79 Å². The van der Waals surface area contributed by atoms with Crippen molar-refractivity contribution in [3.05, 3.63) is 0 Å². The molecule has 1 saturated heterocycles. The molecule has 0 radical (unpaired) electrons. The Labute approximate surface area is 53.4 Å². The van der Waals surface area contributed by atoms with Crippen LogP contribution in [0.15, 0.2) is 0 Å². The van der Waals surface area contributed by atoms with E-state index in [4.69, 9.17) is 0 Å². The molecule has 0 spiro atoms. The van der Waals surface area contributed by atoms with E-state index in [9.17, 15) is 4.79 Å². The summed E-state index contributed by atoms with van der Waals surface area (Å²) in [5.74, 6) is 1.10. The molecule has 0 aromatic carbocycles. The number of hydrogen-bond donors (Lipinski definition) is 0. The summed E-state index contributed by atoms with van der Waals surface area (Å²) in [5, 5.41) is 0. The van der Waals surface area contributed by atoms with Crippen molar-refractivity contribution < 1.29 is 4.79 Å². The molecule has 1 unspecified atom stereocenters. The highest BCUT2D eigenvalue weighted by molar-refractivity contribution is 7.97. The second kappa shape index (κ2) is 2.51. The van der Waals surface area contributed by atoms with Crippen molar-refractivity contribution in [2.75, 3.05) is 12.8 Å². The van der Waals surface area contributed by atoms with Crippen molar-refractivity contribution in [3.8, 4) is 0 Å². The highest BCUT2D eigenvalue weighted by atomic mass is 32.2. The van der Waals surface area contributed by atoms with Crippen LogP contribution in [0.3, 0.4) is 0 Å². The first-order valence-corrected chi connectivity index (χ1v) is 3.60. The number of hydrogen-bond acceptors (Lipinski definition) is 3. The molecule has 0 aliphatic carbocycles. The first-order chi connectivity index (χ1) is 3.84. The standard InChI is InChI=1S/C5H9NOS/c1-6-5(4-7)2-3-8-6/h4-5H,2-3H2,1H3. The number of rotatable bonds is 1. The Bertz CT molecular complexity index is 96.4. The van der Waals surface area contributed by atoms with Crippen molar-refractivity contribution in [1.29, 1.82) is 0 Å². The molecular weight excluding hydrogens is 122 g/mol. The predicted octanol–water partition coefficient (Wildman–Crippen LogP) is 0.538. The van der Waals surface area contributed by atoms with Gasteiger partial charge in [-0.25, -0.2) is 4.31 Å². The highest BCUT2D eigenvalue weighted by Gasteiger charge is 2.19. The van der Waals surface area contributed by atoms with Gasteiger partial charge in [-0.05, 0) is 13.5 Å². The minimum atomic E-state index is 0.181. The van der Waals surface area contributed by atoms with E-state index in [1.54, 1.807) is 11.9 Å². The predicted molar refractivity (Wildman–Crippen MR) is 34.7 cm³/mol. The van der Waals surface area contributed by atoms with Gasteiger partial charge in [0.25, 0.3) is 0 Å². The number of carbonyl (C=O) groups excluding carboxylic acids is 1. The van der Waals surface area contributed by atoms with E-state index in [0.29, 0.717) is 0 Å². The Morgan fingerprint density at radius 3 is 2.88 bits per heavy atom. The summed E-state index contributed by atoms with van der Waals surface area (Å²) in [7, 11) is 1.96. The average molecular weight is 131 g/mol. The molecule has 0 N–H and O–H groups in total. The molecule has 46 valence electrons. The first-order valence-electron chi connectivity index (χ1n) is 2.65. The summed E-state index contributed by atoms with van der Waals surface area (Å²) in [6.07, 6.45) is 2.03. The Morgan fingerprint density at radius 1 is 1.88 bits per heavy atom. The largest absolute Gasteiger partial charge is 0.302 e. The van der Waals surface area contributed by atoms with Crippen LogP contribution in [0.5, 0.6) is 0 Å². The lowest BCUT2D eigenvalue weighted by molar-refractivity contribution is -0.110. The summed E-state index contributed by atoms with van der Waals surface area (Å²) < 4.78 is 2.01. The molecule has 1 rings (SSSR count). The lowest BCUT2D eigenvalue weighted by Gasteiger charge is -2.09. The highest BCUT2D eigenvalue weighted by Crippen LogP contribution is 2.22. The number of nitrogens with zero attached hydrogens (tertiary/aromatic N) is 1. The molecule has 2 nitrogen and oxygen atoms in total.